The van der Waals surface area contributed by atoms with Gasteiger partial charge in [0, 0.05) is 25.5 Å². The topological polar surface area (TPSA) is 98.4 Å². The van der Waals surface area contributed by atoms with Crippen molar-refractivity contribution >= 4 is 39.0 Å². The third kappa shape index (κ3) is 3.60. The summed E-state index contributed by atoms with van der Waals surface area (Å²) < 4.78 is 2.59. The van der Waals surface area contributed by atoms with Gasteiger partial charge in [0.15, 0.2) is 11.6 Å². The monoisotopic (exact) mass is 468 g/mol. The summed E-state index contributed by atoms with van der Waals surface area (Å²) in [5.74, 6) is -1.20. The number of rotatable bonds is 3. The fourth-order valence-electron chi connectivity index (χ4n) is 4.96. The van der Waals surface area contributed by atoms with Gasteiger partial charge in [0.25, 0.3) is 5.56 Å². The van der Waals surface area contributed by atoms with E-state index in [2.05, 4.69) is 0 Å². The van der Waals surface area contributed by atoms with E-state index in [1.165, 1.54) is 9.13 Å². The number of nitrogens with zero attached hydrogens (tertiary/aromatic N) is 2. The van der Waals surface area contributed by atoms with Crippen molar-refractivity contribution in [3.05, 3.63) is 97.7 Å². The summed E-state index contributed by atoms with van der Waals surface area (Å²) in [6.45, 7) is 1.73. The van der Waals surface area contributed by atoms with Crippen LogP contribution in [0.25, 0.3) is 27.4 Å². The van der Waals surface area contributed by atoms with E-state index in [0.717, 1.165) is 16.3 Å². The Balaban J connectivity index is 1.74. The minimum Gasteiger partial charge on any atom is -0.506 e. The Hall–Kier alpha value is -4.26. The highest BCUT2D eigenvalue weighted by Gasteiger charge is 2.29. The number of hydrogen-bond acceptors (Lipinski definition) is 5. The predicted octanol–water partition coefficient (Wildman–Crippen LogP) is 3.80. The zero-order chi connectivity index (χ0) is 24.9. The van der Waals surface area contributed by atoms with Crippen molar-refractivity contribution in [1.29, 1.82) is 0 Å². The van der Waals surface area contributed by atoms with Crippen LogP contribution in [-0.2, 0) is 23.2 Å². The van der Waals surface area contributed by atoms with Gasteiger partial charge in [-0.1, -0.05) is 42.5 Å². The van der Waals surface area contributed by atoms with E-state index in [1.54, 1.807) is 26.1 Å². The van der Waals surface area contributed by atoms with E-state index in [0.29, 0.717) is 17.5 Å². The third-order valence-corrected chi connectivity index (χ3v) is 6.85. The van der Waals surface area contributed by atoms with Crippen LogP contribution in [0.3, 0.4) is 0 Å². The number of hydrogen-bond donors (Lipinski definition) is 1. The summed E-state index contributed by atoms with van der Waals surface area (Å²) in [4.78, 5) is 51.6. The number of aliphatic hydroxyl groups is 1. The van der Waals surface area contributed by atoms with Gasteiger partial charge >= 0.3 is 5.69 Å². The molecular formula is C28H24N2O5. The van der Waals surface area contributed by atoms with Gasteiger partial charge in [-0.3, -0.25) is 23.5 Å². The molecule has 0 unspecified atom stereocenters. The molecule has 0 aliphatic heterocycles. The summed E-state index contributed by atoms with van der Waals surface area (Å²) in [5, 5.41) is 13.1. The van der Waals surface area contributed by atoms with E-state index in [4.69, 9.17) is 0 Å². The highest BCUT2D eigenvalue weighted by atomic mass is 16.3. The van der Waals surface area contributed by atoms with Gasteiger partial charge in [-0.15, -0.1) is 0 Å². The highest BCUT2D eigenvalue weighted by molar-refractivity contribution is 6.25. The molecule has 1 aliphatic rings. The molecule has 3 aromatic carbocycles. The first-order chi connectivity index (χ1) is 16.8. The molecule has 0 amide bonds. The van der Waals surface area contributed by atoms with Crippen LogP contribution >= 0.6 is 0 Å². The lowest BCUT2D eigenvalue weighted by atomic mass is 9.88. The van der Waals surface area contributed by atoms with Crippen molar-refractivity contribution in [1.82, 2.24) is 9.13 Å². The van der Waals surface area contributed by atoms with Crippen molar-refractivity contribution in [2.24, 2.45) is 7.05 Å². The number of benzene rings is 3. The molecule has 1 saturated carbocycles. The average Bonchev–Trinajstić information content (AvgIpc) is 2.85. The van der Waals surface area contributed by atoms with Crippen molar-refractivity contribution in [2.45, 2.75) is 32.7 Å². The number of carbonyl (C=O) groups is 2. The molecule has 1 aromatic heterocycles. The lowest BCUT2D eigenvalue weighted by molar-refractivity contribution is -0.123. The molecule has 5 rings (SSSR count). The largest absolute Gasteiger partial charge is 0.506 e. The summed E-state index contributed by atoms with van der Waals surface area (Å²) in [6.07, 6.45) is 0.861. The maximum absolute atomic E-state index is 13.7. The molecule has 4 aromatic rings. The predicted molar refractivity (Wildman–Crippen MR) is 135 cm³/mol. The SMILES string of the molecule is Cc1c(C(O)=C2C(=O)CCCC2=O)ccc2c1c(=O)n(Cc1cccc3ccccc13)c(=O)n2C. The summed E-state index contributed by atoms with van der Waals surface area (Å²) in [6, 6.07) is 16.6. The normalized spacial score (nSPS) is 14.2. The van der Waals surface area contributed by atoms with Gasteiger partial charge < -0.3 is 5.11 Å². The van der Waals surface area contributed by atoms with Gasteiger partial charge in [0.2, 0.25) is 0 Å². The number of carbonyl (C=O) groups excluding carboxylic acids is 2. The molecule has 0 radical (unpaired) electrons. The Morgan fingerprint density at radius 2 is 1.60 bits per heavy atom. The standard InChI is InChI=1S/C28H24N2O5/c1-16-19(26(33)25-22(31)11-6-12-23(25)32)13-14-21-24(16)27(34)30(28(35)29(21)2)15-18-9-5-8-17-7-3-4-10-20(17)18/h3-5,7-10,13-14,33H,6,11-12,15H2,1-2H3. The number of ketones is 2. The Bertz CT molecular complexity index is 1680. The van der Waals surface area contributed by atoms with Crippen molar-refractivity contribution in [3.63, 3.8) is 0 Å². The van der Waals surface area contributed by atoms with Gasteiger partial charge in [0.05, 0.1) is 17.4 Å². The molecule has 1 aliphatic carbocycles. The van der Waals surface area contributed by atoms with Gasteiger partial charge in [-0.25, -0.2) is 4.79 Å². The molecule has 0 saturated heterocycles. The lowest BCUT2D eigenvalue weighted by Gasteiger charge is -2.17. The first-order valence-corrected chi connectivity index (χ1v) is 11.5. The van der Waals surface area contributed by atoms with Crippen molar-refractivity contribution < 1.29 is 14.7 Å². The number of aryl methyl sites for hydroxylation is 2. The maximum Gasteiger partial charge on any atom is 0.331 e. The molecular weight excluding hydrogens is 444 g/mol. The molecule has 7 nitrogen and oxygen atoms in total. The van der Waals surface area contributed by atoms with Crippen LogP contribution in [0.15, 0.2) is 69.8 Å². The molecule has 1 N–H and O–H groups in total. The van der Waals surface area contributed by atoms with Crippen LogP contribution in [0.2, 0.25) is 0 Å². The minimum atomic E-state index is -0.491. The van der Waals surface area contributed by atoms with E-state index in [-0.39, 0.29) is 35.9 Å². The smallest absolute Gasteiger partial charge is 0.331 e. The van der Waals surface area contributed by atoms with Crippen LogP contribution in [0, 0.1) is 6.92 Å². The van der Waals surface area contributed by atoms with Crippen LogP contribution < -0.4 is 11.2 Å². The van der Waals surface area contributed by atoms with Gasteiger partial charge in [-0.2, -0.15) is 0 Å². The maximum atomic E-state index is 13.7. The minimum absolute atomic E-state index is 0.0799. The summed E-state index contributed by atoms with van der Waals surface area (Å²) in [5.41, 5.74) is 0.736. The first kappa shape index (κ1) is 22.5. The van der Waals surface area contributed by atoms with E-state index in [1.807, 2.05) is 42.5 Å². The highest BCUT2D eigenvalue weighted by Crippen LogP contribution is 2.29. The van der Waals surface area contributed by atoms with Crippen LogP contribution in [0.4, 0.5) is 0 Å². The van der Waals surface area contributed by atoms with E-state index in [9.17, 15) is 24.3 Å². The van der Waals surface area contributed by atoms with Crippen LogP contribution in [-0.4, -0.2) is 25.8 Å². The molecule has 0 spiro atoms. The number of aliphatic hydroxyl groups excluding tert-OH is 1. The lowest BCUT2D eigenvalue weighted by Crippen LogP contribution is -2.39. The Morgan fingerprint density at radius 1 is 0.914 bits per heavy atom. The van der Waals surface area contributed by atoms with Crippen LogP contribution in [0.5, 0.6) is 0 Å². The van der Waals surface area contributed by atoms with Crippen molar-refractivity contribution in [2.75, 3.05) is 0 Å². The fourth-order valence-corrected chi connectivity index (χ4v) is 4.96. The number of Topliss-reactive ketones (excluding diaryl/α,β-unsaturated/α-hetero) is 2. The van der Waals surface area contributed by atoms with E-state index < -0.39 is 28.6 Å². The molecule has 1 fully saturated rings. The number of aromatic nitrogens is 2. The zero-order valence-electron chi connectivity index (χ0n) is 19.5. The Morgan fingerprint density at radius 3 is 2.34 bits per heavy atom. The molecule has 35 heavy (non-hydrogen) atoms. The third-order valence-electron chi connectivity index (χ3n) is 6.85. The second kappa shape index (κ2) is 8.51. The number of allylic oxidation sites excluding steroid dienone is 1. The number of fused-ring (bicyclic) bond motifs is 2. The Labute approximate surface area is 200 Å². The second-order valence-corrected chi connectivity index (χ2v) is 8.93. The summed E-state index contributed by atoms with van der Waals surface area (Å²) in [7, 11) is 1.59. The van der Waals surface area contributed by atoms with Gasteiger partial charge in [-0.05, 0) is 47.4 Å². The fraction of sp³-hybridized carbons (Fsp3) is 0.214. The van der Waals surface area contributed by atoms with Crippen molar-refractivity contribution in [3.8, 4) is 0 Å². The molecule has 0 bridgehead atoms. The first-order valence-electron chi connectivity index (χ1n) is 11.5. The van der Waals surface area contributed by atoms with Crippen LogP contribution in [0.1, 0.15) is 36.0 Å². The molecule has 1 heterocycles. The van der Waals surface area contributed by atoms with Gasteiger partial charge in [0.1, 0.15) is 11.3 Å². The second-order valence-electron chi connectivity index (χ2n) is 8.93. The summed E-state index contributed by atoms with van der Waals surface area (Å²) >= 11 is 0. The quantitative estimate of drug-likeness (QED) is 0.280. The molecule has 0 atom stereocenters. The molecule has 7 heteroatoms. The van der Waals surface area contributed by atoms with E-state index >= 15 is 0 Å². The Kier molecular flexibility index (Phi) is 5.47. The zero-order valence-corrected chi connectivity index (χ0v) is 19.5. The average molecular weight is 469 g/mol. The molecule has 176 valence electrons.